The van der Waals surface area contributed by atoms with Crippen molar-refractivity contribution in [2.75, 3.05) is 0 Å². The van der Waals surface area contributed by atoms with E-state index in [1.54, 1.807) is 25.1 Å². The molecule has 138 valence electrons. The highest BCUT2D eigenvalue weighted by Crippen LogP contribution is 2.27. The fourth-order valence-electron chi connectivity index (χ4n) is 1.77. The lowest BCUT2D eigenvalue weighted by atomic mass is 10.2. The molecular weight excluding hydrogens is 356 g/mol. The van der Waals surface area contributed by atoms with Crippen molar-refractivity contribution in [3.63, 3.8) is 0 Å². The van der Waals surface area contributed by atoms with Crippen LogP contribution in [0.1, 0.15) is 23.0 Å². The number of benzene rings is 1. The molecule has 0 aliphatic rings. The molecule has 0 saturated carbocycles. The summed E-state index contributed by atoms with van der Waals surface area (Å²) >= 11 is 0. The van der Waals surface area contributed by atoms with Crippen molar-refractivity contribution in [1.82, 2.24) is 5.43 Å². The molecule has 0 unspecified atom stereocenters. The minimum absolute atomic E-state index is 0.0857. The van der Waals surface area contributed by atoms with E-state index in [4.69, 9.17) is 4.42 Å². The summed E-state index contributed by atoms with van der Waals surface area (Å²) in [6.45, 7) is 1.74. The van der Waals surface area contributed by atoms with Crippen LogP contribution in [0.25, 0.3) is 6.08 Å². The number of ether oxygens (including phenoxy) is 1. The maximum atomic E-state index is 12.8. The van der Waals surface area contributed by atoms with Crippen LogP contribution in [0.15, 0.2) is 57.8 Å². The van der Waals surface area contributed by atoms with E-state index < -0.39 is 24.2 Å². The molecule has 0 atom stereocenters. The maximum absolute atomic E-state index is 12.8. The predicted molar refractivity (Wildman–Crippen MR) is 86.3 cm³/mol. The number of allylic oxidation sites excluding steroid dienone is 1. The third-order valence-electron chi connectivity index (χ3n) is 2.97. The second-order valence-corrected chi connectivity index (χ2v) is 5.09. The van der Waals surface area contributed by atoms with E-state index in [0.717, 1.165) is 24.3 Å². The zero-order valence-corrected chi connectivity index (χ0v) is 13.5. The van der Waals surface area contributed by atoms with E-state index in [2.05, 4.69) is 15.3 Å². The number of hydrogen-bond donors (Lipinski definition) is 1. The summed E-state index contributed by atoms with van der Waals surface area (Å²) < 4.78 is 58.7. The van der Waals surface area contributed by atoms with Crippen LogP contribution < -0.4 is 10.2 Å². The number of furan rings is 1. The average molecular weight is 370 g/mol. The average Bonchev–Trinajstić information content (AvgIpc) is 3.07. The summed E-state index contributed by atoms with van der Waals surface area (Å²) in [6.07, 6.45) is -3.96. The Morgan fingerprint density at radius 3 is 2.54 bits per heavy atom. The number of halogens is 4. The lowest BCUT2D eigenvalue weighted by Gasteiger charge is -2.16. The number of amides is 1. The third-order valence-corrected chi connectivity index (χ3v) is 2.97. The van der Waals surface area contributed by atoms with Crippen molar-refractivity contribution in [2.24, 2.45) is 5.10 Å². The van der Waals surface area contributed by atoms with Gasteiger partial charge in [0.15, 0.2) is 0 Å². The molecule has 0 saturated heterocycles. The molecule has 2 rings (SSSR count). The lowest BCUT2D eigenvalue weighted by molar-refractivity contribution is -0.253. The van der Waals surface area contributed by atoms with Crippen LogP contribution in [0.5, 0.6) is 5.75 Å². The van der Waals surface area contributed by atoms with Crippen LogP contribution in [-0.2, 0) is 0 Å². The SMILES string of the molecule is C/C(C=NNC(=O)c1ccc(OC(F)(F)C(F)F)cc1)=C/c1ccco1. The lowest BCUT2D eigenvalue weighted by Crippen LogP contribution is -2.33. The summed E-state index contributed by atoms with van der Waals surface area (Å²) in [5.74, 6) is -0.483. The van der Waals surface area contributed by atoms with Crippen LogP contribution in [-0.4, -0.2) is 24.7 Å². The Hall–Kier alpha value is -3.10. The standard InChI is InChI=1S/C17H14F4N2O3/c1-11(9-14-3-2-8-25-14)10-22-23-15(24)12-4-6-13(7-5-12)26-17(20,21)16(18)19/h2-10,16H,1H3,(H,23,24)/b11-9-,22-10?. The molecule has 0 spiro atoms. The number of carbonyl (C=O) groups is 1. The van der Waals surface area contributed by atoms with E-state index in [1.807, 2.05) is 0 Å². The fraction of sp³-hybridized carbons (Fsp3) is 0.176. The molecule has 0 aliphatic heterocycles. The summed E-state index contributed by atoms with van der Waals surface area (Å²) in [7, 11) is 0. The molecule has 2 aromatic rings. The molecule has 9 heteroatoms. The van der Waals surface area contributed by atoms with Gasteiger partial charge in [0.1, 0.15) is 11.5 Å². The number of rotatable bonds is 7. The first-order valence-electron chi connectivity index (χ1n) is 7.28. The van der Waals surface area contributed by atoms with Crippen LogP contribution in [0.3, 0.4) is 0 Å². The minimum Gasteiger partial charge on any atom is -0.465 e. The monoisotopic (exact) mass is 370 g/mol. The molecule has 0 bridgehead atoms. The van der Waals surface area contributed by atoms with Gasteiger partial charge in [-0.2, -0.15) is 22.7 Å². The third kappa shape index (κ3) is 5.47. The van der Waals surface area contributed by atoms with Crippen LogP contribution >= 0.6 is 0 Å². The van der Waals surface area contributed by atoms with Crippen LogP contribution in [0.2, 0.25) is 0 Å². The fourth-order valence-corrected chi connectivity index (χ4v) is 1.77. The van der Waals surface area contributed by atoms with Crippen molar-refractivity contribution < 1.29 is 31.5 Å². The molecule has 1 aromatic carbocycles. The molecular formula is C17H14F4N2O3. The van der Waals surface area contributed by atoms with Crippen molar-refractivity contribution in [3.8, 4) is 5.75 Å². The van der Waals surface area contributed by atoms with Crippen LogP contribution in [0.4, 0.5) is 17.6 Å². The van der Waals surface area contributed by atoms with Crippen LogP contribution in [0, 0.1) is 0 Å². The van der Waals surface area contributed by atoms with Gasteiger partial charge in [0, 0.05) is 5.56 Å². The summed E-state index contributed by atoms with van der Waals surface area (Å²) in [5, 5.41) is 3.75. The number of alkyl halides is 4. The molecule has 0 aliphatic carbocycles. The van der Waals surface area contributed by atoms with Gasteiger partial charge in [0.05, 0.1) is 12.5 Å². The van der Waals surface area contributed by atoms with E-state index in [1.165, 1.54) is 12.5 Å². The second kappa shape index (κ2) is 8.32. The smallest absolute Gasteiger partial charge is 0.461 e. The highest BCUT2D eigenvalue weighted by atomic mass is 19.3. The largest absolute Gasteiger partial charge is 0.465 e. The zero-order chi connectivity index (χ0) is 19.2. The van der Waals surface area contributed by atoms with Gasteiger partial charge in [-0.3, -0.25) is 4.79 Å². The molecule has 1 aromatic heterocycles. The van der Waals surface area contributed by atoms with Gasteiger partial charge in [0.2, 0.25) is 0 Å². The first-order valence-corrected chi connectivity index (χ1v) is 7.28. The number of nitrogens with zero attached hydrogens (tertiary/aromatic N) is 1. The van der Waals surface area contributed by atoms with E-state index >= 15 is 0 Å². The number of carbonyl (C=O) groups excluding carboxylic acids is 1. The molecule has 5 nitrogen and oxygen atoms in total. The van der Waals surface area contributed by atoms with E-state index in [9.17, 15) is 22.4 Å². The normalized spacial score (nSPS) is 12.6. The molecule has 1 N–H and O–H groups in total. The minimum atomic E-state index is -4.61. The van der Waals surface area contributed by atoms with Gasteiger partial charge in [0.25, 0.3) is 5.91 Å². The predicted octanol–water partition coefficient (Wildman–Crippen LogP) is 4.34. The van der Waals surface area contributed by atoms with E-state index in [0.29, 0.717) is 11.3 Å². The Bertz CT molecular complexity index is 785. The van der Waals surface area contributed by atoms with Gasteiger partial charge >= 0.3 is 12.5 Å². The Morgan fingerprint density at radius 1 is 1.27 bits per heavy atom. The molecule has 26 heavy (non-hydrogen) atoms. The Labute approximate surface area is 146 Å². The summed E-state index contributed by atoms with van der Waals surface area (Å²) in [5.41, 5.74) is 3.04. The van der Waals surface area contributed by atoms with E-state index in [-0.39, 0.29) is 5.56 Å². The topological polar surface area (TPSA) is 63.8 Å². The van der Waals surface area contributed by atoms with Gasteiger partial charge in [-0.25, -0.2) is 5.43 Å². The highest BCUT2D eigenvalue weighted by molar-refractivity contribution is 5.95. The van der Waals surface area contributed by atoms with Crippen molar-refractivity contribution >= 4 is 18.2 Å². The van der Waals surface area contributed by atoms with Gasteiger partial charge < -0.3 is 9.15 Å². The summed E-state index contributed by atoms with van der Waals surface area (Å²) in [4.78, 5) is 11.9. The second-order valence-electron chi connectivity index (χ2n) is 5.09. The van der Waals surface area contributed by atoms with Crippen molar-refractivity contribution in [2.45, 2.75) is 19.5 Å². The highest BCUT2D eigenvalue weighted by Gasteiger charge is 2.43. The van der Waals surface area contributed by atoms with Crippen molar-refractivity contribution in [3.05, 3.63) is 59.6 Å². The molecule has 1 heterocycles. The molecule has 0 fully saturated rings. The summed E-state index contributed by atoms with van der Waals surface area (Å²) in [6, 6.07) is 7.73. The number of hydrazone groups is 1. The Morgan fingerprint density at radius 2 is 1.96 bits per heavy atom. The van der Waals surface area contributed by atoms with Gasteiger partial charge in [-0.05, 0) is 55.0 Å². The Balaban J connectivity index is 1.92. The first kappa shape index (κ1) is 19.2. The molecule has 1 amide bonds. The quantitative estimate of drug-likeness (QED) is 0.448. The Kier molecular flexibility index (Phi) is 6.16. The van der Waals surface area contributed by atoms with Crippen molar-refractivity contribution in [1.29, 1.82) is 0 Å². The zero-order valence-electron chi connectivity index (χ0n) is 13.5. The molecule has 0 radical (unpaired) electrons. The number of hydrogen-bond acceptors (Lipinski definition) is 4. The maximum Gasteiger partial charge on any atom is 0.461 e. The number of nitrogens with one attached hydrogen (secondary N) is 1. The van der Waals surface area contributed by atoms with Gasteiger partial charge in [-0.15, -0.1) is 0 Å². The first-order chi connectivity index (χ1) is 12.3. The van der Waals surface area contributed by atoms with Gasteiger partial charge in [-0.1, -0.05) is 0 Å².